The Kier molecular flexibility index (Phi) is 9.50. The Labute approximate surface area is 246 Å². The van der Waals surface area contributed by atoms with Crippen LogP contribution in [0.15, 0.2) is 81.4 Å². The standard InChI is InChI=1S/C27H21ClF6N2O4S2/c28-18-6-8-21(9-7-18)42(38,39)35-19-2-1-3-20(16-19)41-22-10-4-17(5-11-23(37)36-12-14-40-15-13-36)24(26(29,30)31)25(22)27(32,33)34/h1-11,16,35H,12-15H2/b11-5+. The van der Waals surface area contributed by atoms with Crippen LogP contribution in [0.2, 0.25) is 5.02 Å². The number of alkyl halides is 6. The van der Waals surface area contributed by atoms with Crippen LogP contribution in [0.4, 0.5) is 32.0 Å². The zero-order valence-electron chi connectivity index (χ0n) is 21.3. The highest BCUT2D eigenvalue weighted by Crippen LogP contribution is 2.48. The number of ether oxygens (including phenoxy) is 1. The molecule has 6 nitrogen and oxygen atoms in total. The maximum absolute atomic E-state index is 14.2. The molecule has 0 saturated carbocycles. The highest BCUT2D eigenvalue weighted by molar-refractivity contribution is 7.99. The number of anilines is 1. The lowest BCUT2D eigenvalue weighted by molar-refractivity contribution is -0.163. The topological polar surface area (TPSA) is 75.7 Å². The van der Waals surface area contributed by atoms with Gasteiger partial charge in [0, 0.05) is 39.7 Å². The Hall–Kier alpha value is -3.20. The molecular formula is C27H21ClF6N2O4S2. The minimum Gasteiger partial charge on any atom is -0.378 e. The van der Waals surface area contributed by atoms with Crippen molar-refractivity contribution in [1.29, 1.82) is 0 Å². The van der Waals surface area contributed by atoms with Crippen LogP contribution in [0, 0.1) is 0 Å². The summed E-state index contributed by atoms with van der Waals surface area (Å²) in [5.41, 5.74) is -4.72. The van der Waals surface area contributed by atoms with Crippen LogP contribution in [-0.2, 0) is 31.9 Å². The Morgan fingerprint density at radius 2 is 1.57 bits per heavy atom. The maximum Gasteiger partial charge on any atom is 0.418 e. The van der Waals surface area contributed by atoms with Crippen molar-refractivity contribution in [2.24, 2.45) is 0 Å². The summed E-state index contributed by atoms with van der Waals surface area (Å²) >= 11 is 6.16. The fourth-order valence-electron chi connectivity index (χ4n) is 4.04. The number of amides is 1. The van der Waals surface area contributed by atoms with Crippen LogP contribution >= 0.6 is 23.4 Å². The highest BCUT2D eigenvalue weighted by atomic mass is 35.5. The number of benzene rings is 3. The monoisotopic (exact) mass is 650 g/mol. The van der Waals surface area contributed by atoms with E-state index in [9.17, 15) is 39.6 Å². The SMILES string of the molecule is O=C(/C=C/c1ccc(Sc2cccc(NS(=O)(=O)c3ccc(Cl)cc3)c2)c(C(F)(F)F)c1C(F)(F)F)N1CCOCC1. The van der Waals surface area contributed by atoms with Crippen LogP contribution < -0.4 is 4.72 Å². The Balaban J connectivity index is 1.68. The van der Waals surface area contributed by atoms with Gasteiger partial charge in [-0.1, -0.05) is 35.5 Å². The van der Waals surface area contributed by atoms with Gasteiger partial charge in [0.05, 0.1) is 29.2 Å². The molecule has 1 N–H and O–H groups in total. The summed E-state index contributed by atoms with van der Waals surface area (Å²) in [5.74, 6) is -0.656. The summed E-state index contributed by atoms with van der Waals surface area (Å²) in [5, 5.41) is 0.302. The molecule has 1 aliphatic rings. The van der Waals surface area contributed by atoms with E-state index in [1.807, 2.05) is 0 Å². The molecule has 0 spiro atoms. The molecular weight excluding hydrogens is 630 g/mol. The van der Waals surface area contributed by atoms with Crippen LogP contribution in [0.3, 0.4) is 0 Å². The fourth-order valence-corrected chi connectivity index (χ4v) is 6.26. The smallest absolute Gasteiger partial charge is 0.378 e. The highest BCUT2D eigenvalue weighted by Gasteiger charge is 2.46. The van der Waals surface area contributed by atoms with Crippen LogP contribution in [-0.4, -0.2) is 45.5 Å². The summed E-state index contributed by atoms with van der Waals surface area (Å²) in [6.45, 7) is 0.879. The number of rotatable bonds is 7. The van der Waals surface area contributed by atoms with Gasteiger partial charge in [-0.05, 0) is 60.2 Å². The second-order valence-corrected chi connectivity index (χ2v) is 12.1. The minimum atomic E-state index is -5.42. The van der Waals surface area contributed by atoms with Crippen LogP contribution in [0.5, 0.6) is 0 Å². The van der Waals surface area contributed by atoms with E-state index in [0.717, 1.165) is 24.3 Å². The van der Waals surface area contributed by atoms with Gasteiger partial charge in [-0.15, -0.1) is 0 Å². The first-order valence-electron chi connectivity index (χ1n) is 12.1. The number of hydrogen-bond acceptors (Lipinski definition) is 5. The molecule has 0 bridgehead atoms. The van der Waals surface area contributed by atoms with Crippen LogP contribution in [0.25, 0.3) is 6.08 Å². The number of morpholine rings is 1. The average Bonchev–Trinajstić information content (AvgIpc) is 2.91. The van der Waals surface area contributed by atoms with Gasteiger partial charge in [0.15, 0.2) is 0 Å². The van der Waals surface area contributed by atoms with Crippen molar-refractivity contribution in [1.82, 2.24) is 4.90 Å². The molecule has 0 radical (unpaired) electrons. The normalized spacial score (nSPS) is 14.8. The van der Waals surface area contributed by atoms with Crippen molar-refractivity contribution in [2.75, 3.05) is 31.0 Å². The Morgan fingerprint density at radius 3 is 2.19 bits per heavy atom. The third-order valence-electron chi connectivity index (χ3n) is 5.93. The molecule has 1 saturated heterocycles. The molecule has 4 rings (SSSR count). The molecule has 0 aliphatic carbocycles. The van der Waals surface area contributed by atoms with E-state index in [1.165, 1.54) is 53.4 Å². The van der Waals surface area contributed by atoms with Crippen molar-refractivity contribution < 1.29 is 44.3 Å². The van der Waals surface area contributed by atoms with E-state index in [4.69, 9.17) is 16.3 Å². The molecule has 0 unspecified atom stereocenters. The van der Waals surface area contributed by atoms with Gasteiger partial charge in [-0.2, -0.15) is 26.3 Å². The van der Waals surface area contributed by atoms with Crippen molar-refractivity contribution >= 4 is 51.1 Å². The van der Waals surface area contributed by atoms with Gasteiger partial charge in [-0.25, -0.2) is 8.42 Å². The largest absolute Gasteiger partial charge is 0.418 e. The van der Waals surface area contributed by atoms with Crippen molar-refractivity contribution in [3.63, 3.8) is 0 Å². The second kappa shape index (κ2) is 12.6. The van der Waals surface area contributed by atoms with E-state index < -0.39 is 49.9 Å². The molecule has 0 atom stereocenters. The molecule has 1 amide bonds. The number of carbonyl (C=O) groups is 1. The van der Waals surface area contributed by atoms with Gasteiger partial charge >= 0.3 is 12.4 Å². The number of nitrogens with zero attached hydrogens (tertiary/aromatic N) is 1. The number of sulfonamides is 1. The summed E-state index contributed by atoms with van der Waals surface area (Å²) in [4.78, 5) is 12.8. The molecule has 15 heteroatoms. The molecule has 3 aromatic rings. The van der Waals surface area contributed by atoms with E-state index >= 15 is 0 Å². The molecule has 42 heavy (non-hydrogen) atoms. The van der Waals surface area contributed by atoms with Gasteiger partial charge in [-0.3, -0.25) is 9.52 Å². The number of halogens is 7. The second-order valence-electron chi connectivity index (χ2n) is 8.86. The number of nitrogens with one attached hydrogen (secondary N) is 1. The lowest BCUT2D eigenvalue weighted by Crippen LogP contribution is -2.39. The van der Waals surface area contributed by atoms with E-state index in [2.05, 4.69) is 4.72 Å². The molecule has 224 valence electrons. The lowest BCUT2D eigenvalue weighted by atomic mass is 9.99. The molecule has 0 aromatic heterocycles. The molecule has 1 aliphatic heterocycles. The van der Waals surface area contributed by atoms with Crippen molar-refractivity contribution in [3.05, 3.63) is 88.5 Å². The summed E-state index contributed by atoms with van der Waals surface area (Å²) in [7, 11) is -4.10. The van der Waals surface area contributed by atoms with Gasteiger partial charge in [0.1, 0.15) is 0 Å². The third-order valence-corrected chi connectivity index (χ3v) is 8.63. The van der Waals surface area contributed by atoms with E-state index in [1.54, 1.807) is 0 Å². The quantitative estimate of drug-likeness (QED) is 0.216. The molecule has 3 aromatic carbocycles. The fraction of sp³-hybridized carbons (Fsp3) is 0.222. The first kappa shape index (κ1) is 31.7. The van der Waals surface area contributed by atoms with E-state index in [0.29, 0.717) is 16.8 Å². The third kappa shape index (κ3) is 7.79. The number of hydrogen-bond donors (Lipinski definition) is 1. The Bertz CT molecular complexity index is 1590. The average molecular weight is 651 g/mol. The van der Waals surface area contributed by atoms with Crippen LogP contribution in [0.1, 0.15) is 16.7 Å². The first-order chi connectivity index (χ1) is 19.6. The zero-order valence-corrected chi connectivity index (χ0v) is 23.7. The van der Waals surface area contributed by atoms with Gasteiger partial charge in [0.2, 0.25) is 5.91 Å². The maximum atomic E-state index is 14.2. The lowest BCUT2D eigenvalue weighted by Gasteiger charge is -2.25. The van der Waals surface area contributed by atoms with Crippen molar-refractivity contribution in [2.45, 2.75) is 27.0 Å². The zero-order chi connectivity index (χ0) is 30.7. The molecule has 1 heterocycles. The predicted octanol–water partition coefficient (Wildman–Crippen LogP) is 7.20. The van der Waals surface area contributed by atoms with E-state index in [-0.39, 0.29) is 41.8 Å². The van der Waals surface area contributed by atoms with Gasteiger partial charge in [0.25, 0.3) is 10.0 Å². The minimum absolute atomic E-state index is 0.0271. The van der Waals surface area contributed by atoms with Crippen molar-refractivity contribution in [3.8, 4) is 0 Å². The van der Waals surface area contributed by atoms with Gasteiger partial charge < -0.3 is 9.64 Å². The number of carbonyl (C=O) groups excluding carboxylic acids is 1. The summed E-state index contributed by atoms with van der Waals surface area (Å²) in [6.07, 6.45) is -9.31. The molecule has 1 fully saturated rings. The summed E-state index contributed by atoms with van der Waals surface area (Å²) in [6, 6.07) is 12.2. The first-order valence-corrected chi connectivity index (χ1v) is 14.8. The predicted molar refractivity (Wildman–Crippen MR) is 146 cm³/mol. The summed E-state index contributed by atoms with van der Waals surface area (Å²) < 4.78 is 118. The Morgan fingerprint density at radius 1 is 0.929 bits per heavy atom.